The minimum Gasteiger partial charge on any atom is -0.371 e. The minimum atomic E-state index is -0.142. The van der Waals surface area contributed by atoms with E-state index < -0.39 is 0 Å². The minimum absolute atomic E-state index is 0.0311. The van der Waals surface area contributed by atoms with Crippen LogP contribution in [0, 0.1) is 6.92 Å². The number of carbonyl (C=O) groups excluding carboxylic acids is 1. The van der Waals surface area contributed by atoms with Gasteiger partial charge in [-0.15, -0.1) is 0 Å². The first-order valence-electron chi connectivity index (χ1n) is 8.45. The summed E-state index contributed by atoms with van der Waals surface area (Å²) >= 11 is 0. The van der Waals surface area contributed by atoms with E-state index in [0.29, 0.717) is 6.61 Å². The molecule has 4 rings (SSSR count). The van der Waals surface area contributed by atoms with E-state index in [9.17, 15) is 4.79 Å². The predicted octanol–water partition coefficient (Wildman–Crippen LogP) is 1.79. The van der Waals surface area contributed by atoms with Gasteiger partial charge in [0.05, 0.1) is 29.9 Å². The lowest BCUT2D eigenvalue weighted by molar-refractivity contribution is -0.121. The second kappa shape index (κ2) is 6.33. The van der Waals surface area contributed by atoms with E-state index >= 15 is 0 Å². The quantitative estimate of drug-likeness (QED) is 0.759. The van der Waals surface area contributed by atoms with Gasteiger partial charge in [0.25, 0.3) is 0 Å². The molecule has 3 aromatic rings. The lowest BCUT2D eigenvalue weighted by atomic mass is 10.0. The smallest absolute Gasteiger partial charge is 0.226 e. The summed E-state index contributed by atoms with van der Waals surface area (Å²) in [5.41, 5.74) is 3.81. The first-order valence-corrected chi connectivity index (χ1v) is 8.45. The Morgan fingerprint density at radius 2 is 2.28 bits per heavy atom. The van der Waals surface area contributed by atoms with E-state index in [-0.39, 0.29) is 24.5 Å². The Bertz CT molecular complexity index is 913. The van der Waals surface area contributed by atoms with Gasteiger partial charge in [-0.3, -0.25) is 14.6 Å². The summed E-state index contributed by atoms with van der Waals surface area (Å²) in [6, 6.07) is 7.75. The van der Waals surface area contributed by atoms with Crippen LogP contribution in [0.15, 0.2) is 30.5 Å². The van der Waals surface area contributed by atoms with Crippen LogP contribution in [0.5, 0.6) is 0 Å². The molecule has 2 N–H and O–H groups in total. The number of aromatic nitrogens is 4. The second-order valence-electron chi connectivity index (χ2n) is 6.46. The molecule has 1 fully saturated rings. The van der Waals surface area contributed by atoms with Crippen molar-refractivity contribution in [1.29, 1.82) is 0 Å². The summed E-state index contributed by atoms with van der Waals surface area (Å²) in [4.78, 5) is 12.5. The van der Waals surface area contributed by atoms with Crippen LogP contribution in [0.3, 0.4) is 0 Å². The summed E-state index contributed by atoms with van der Waals surface area (Å²) in [6.07, 6.45) is 2.76. The molecule has 3 heterocycles. The maximum absolute atomic E-state index is 12.5. The van der Waals surface area contributed by atoms with Crippen LogP contribution in [0.25, 0.3) is 10.9 Å². The zero-order valence-corrected chi connectivity index (χ0v) is 14.3. The van der Waals surface area contributed by atoms with Gasteiger partial charge >= 0.3 is 0 Å². The van der Waals surface area contributed by atoms with Crippen molar-refractivity contribution in [2.45, 2.75) is 31.9 Å². The number of aromatic amines is 1. The summed E-state index contributed by atoms with van der Waals surface area (Å²) < 4.78 is 7.69. The number of fused-ring (bicyclic) bond motifs is 1. The summed E-state index contributed by atoms with van der Waals surface area (Å²) in [5.74, 6) is -0.0311. The molecule has 0 unspecified atom stereocenters. The van der Waals surface area contributed by atoms with Gasteiger partial charge in [-0.25, -0.2) is 0 Å². The number of para-hydroxylation sites is 1. The maximum atomic E-state index is 12.5. The first kappa shape index (κ1) is 15.8. The van der Waals surface area contributed by atoms with Crippen molar-refractivity contribution < 1.29 is 9.53 Å². The molecule has 2 aromatic heterocycles. The van der Waals surface area contributed by atoms with Gasteiger partial charge in [0, 0.05) is 30.3 Å². The molecule has 0 aliphatic carbocycles. The zero-order valence-electron chi connectivity index (χ0n) is 14.3. The number of rotatable bonds is 4. The third-order valence-electron chi connectivity index (χ3n) is 4.90. The number of aryl methyl sites for hydroxylation is 1. The number of hydrogen-bond acceptors (Lipinski definition) is 4. The number of ether oxygens (including phenoxy) is 1. The third kappa shape index (κ3) is 2.91. The Morgan fingerprint density at radius 1 is 1.44 bits per heavy atom. The standard InChI is InChI=1S/C18H21N5O2/c1-11-13(10-19-23(11)2)18-15(7-8-25-18)20-17(24)9-16-12-5-3-4-6-14(12)21-22-16/h3-6,10,15,18H,7-9H2,1-2H3,(H,20,24)(H,21,22)/t15-,18+/m0/s1. The maximum Gasteiger partial charge on any atom is 0.226 e. The van der Waals surface area contributed by atoms with Gasteiger partial charge in [-0.2, -0.15) is 10.2 Å². The van der Waals surface area contributed by atoms with Gasteiger partial charge in [0.2, 0.25) is 5.91 Å². The molecule has 7 heteroatoms. The fraction of sp³-hybridized carbons (Fsp3) is 0.389. The van der Waals surface area contributed by atoms with Gasteiger partial charge in [-0.05, 0) is 19.4 Å². The van der Waals surface area contributed by atoms with Crippen LogP contribution in [-0.4, -0.2) is 38.5 Å². The average molecular weight is 339 g/mol. The van der Waals surface area contributed by atoms with Crippen LogP contribution < -0.4 is 5.32 Å². The van der Waals surface area contributed by atoms with Crippen LogP contribution in [0.2, 0.25) is 0 Å². The van der Waals surface area contributed by atoms with Gasteiger partial charge < -0.3 is 10.1 Å². The van der Waals surface area contributed by atoms with Crippen molar-refractivity contribution >= 4 is 16.8 Å². The third-order valence-corrected chi connectivity index (χ3v) is 4.90. The Kier molecular flexibility index (Phi) is 4.01. The molecule has 0 saturated carbocycles. The van der Waals surface area contributed by atoms with Crippen molar-refractivity contribution in [3.05, 3.63) is 47.4 Å². The SMILES string of the molecule is Cc1c([C@H]2OCC[C@@H]2NC(=O)Cc2[nH]nc3ccccc23)cnn1C. The van der Waals surface area contributed by atoms with Crippen LogP contribution >= 0.6 is 0 Å². The monoisotopic (exact) mass is 339 g/mol. The normalized spacial score (nSPS) is 20.2. The molecule has 1 amide bonds. The molecule has 1 aliphatic heterocycles. The number of carbonyl (C=O) groups is 1. The van der Waals surface area contributed by atoms with Gasteiger partial charge in [0.1, 0.15) is 6.10 Å². The molecule has 7 nitrogen and oxygen atoms in total. The molecular weight excluding hydrogens is 318 g/mol. The number of benzene rings is 1. The first-order chi connectivity index (χ1) is 12.1. The lowest BCUT2D eigenvalue weighted by Gasteiger charge is -2.19. The number of amides is 1. The topological polar surface area (TPSA) is 84.8 Å². The fourth-order valence-corrected chi connectivity index (χ4v) is 3.41. The zero-order chi connectivity index (χ0) is 17.4. The molecular formula is C18H21N5O2. The van der Waals surface area contributed by atoms with E-state index in [4.69, 9.17) is 4.74 Å². The van der Waals surface area contributed by atoms with Crippen LogP contribution in [0.4, 0.5) is 0 Å². The average Bonchev–Trinajstić information content (AvgIpc) is 3.30. The van der Waals surface area contributed by atoms with Crippen molar-refractivity contribution in [1.82, 2.24) is 25.3 Å². The molecule has 25 heavy (non-hydrogen) atoms. The highest BCUT2D eigenvalue weighted by Gasteiger charge is 2.33. The second-order valence-corrected chi connectivity index (χ2v) is 6.46. The van der Waals surface area contributed by atoms with Crippen molar-refractivity contribution in [3.63, 3.8) is 0 Å². The molecule has 1 aromatic carbocycles. The van der Waals surface area contributed by atoms with Crippen molar-refractivity contribution in [2.24, 2.45) is 7.05 Å². The molecule has 1 aliphatic rings. The molecule has 0 radical (unpaired) electrons. The molecule has 130 valence electrons. The Morgan fingerprint density at radius 3 is 3.08 bits per heavy atom. The van der Waals surface area contributed by atoms with Gasteiger partial charge in [-0.1, -0.05) is 18.2 Å². The number of hydrogen-bond donors (Lipinski definition) is 2. The van der Waals surface area contributed by atoms with E-state index in [1.165, 1.54) is 0 Å². The molecule has 1 saturated heterocycles. The molecule has 0 bridgehead atoms. The molecule has 2 atom stereocenters. The Labute approximate surface area is 145 Å². The predicted molar refractivity (Wildman–Crippen MR) is 93.0 cm³/mol. The Balaban J connectivity index is 1.47. The molecule has 0 spiro atoms. The van der Waals surface area contributed by atoms with Crippen molar-refractivity contribution in [3.8, 4) is 0 Å². The van der Waals surface area contributed by atoms with E-state index in [1.54, 1.807) is 0 Å². The summed E-state index contributed by atoms with van der Waals surface area (Å²) in [5, 5.41) is 15.6. The largest absolute Gasteiger partial charge is 0.371 e. The lowest BCUT2D eigenvalue weighted by Crippen LogP contribution is -2.37. The van der Waals surface area contributed by atoms with E-state index in [1.807, 2.05) is 49.1 Å². The highest BCUT2D eigenvalue weighted by molar-refractivity contribution is 5.87. The van der Waals surface area contributed by atoms with Gasteiger partial charge in [0.15, 0.2) is 0 Å². The van der Waals surface area contributed by atoms with Crippen molar-refractivity contribution in [2.75, 3.05) is 6.61 Å². The number of nitrogens with one attached hydrogen (secondary N) is 2. The Hall–Kier alpha value is -2.67. The number of nitrogens with zero attached hydrogens (tertiary/aromatic N) is 3. The highest BCUT2D eigenvalue weighted by Crippen LogP contribution is 2.31. The van der Waals surface area contributed by atoms with E-state index in [0.717, 1.165) is 34.3 Å². The van der Waals surface area contributed by atoms with E-state index in [2.05, 4.69) is 20.6 Å². The number of H-pyrrole nitrogens is 1. The van der Waals surface area contributed by atoms with Crippen LogP contribution in [0.1, 0.15) is 29.5 Å². The van der Waals surface area contributed by atoms with Crippen LogP contribution in [-0.2, 0) is 23.0 Å². The fourth-order valence-electron chi connectivity index (χ4n) is 3.41. The summed E-state index contributed by atoms with van der Waals surface area (Å²) in [7, 11) is 1.91. The highest BCUT2D eigenvalue weighted by atomic mass is 16.5. The summed E-state index contributed by atoms with van der Waals surface area (Å²) in [6.45, 7) is 2.65.